The van der Waals surface area contributed by atoms with Crippen LogP contribution >= 0.6 is 22.9 Å². The number of fused-ring (bicyclic) bond motifs is 1. The van der Waals surface area contributed by atoms with Gasteiger partial charge < -0.3 is 15.8 Å². The van der Waals surface area contributed by atoms with Gasteiger partial charge in [0.2, 0.25) is 5.91 Å². The molecule has 37 heavy (non-hydrogen) atoms. The highest BCUT2D eigenvalue weighted by atomic mass is 35.5. The van der Waals surface area contributed by atoms with Gasteiger partial charge in [0, 0.05) is 6.54 Å². The van der Waals surface area contributed by atoms with Crippen LogP contribution in [0.4, 0.5) is 5.82 Å². The fraction of sp³-hybridized carbons (Fsp3) is 0.280. The predicted octanol–water partition coefficient (Wildman–Crippen LogP) is 4.21. The van der Waals surface area contributed by atoms with Gasteiger partial charge in [0.25, 0.3) is 10.0 Å². The number of primary amides is 1. The van der Waals surface area contributed by atoms with Crippen LogP contribution in [0.5, 0.6) is 5.75 Å². The van der Waals surface area contributed by atoms with E-state index in [9.17, 15) is 13.2 Å². The van der Waals surface area contributed by atoms with Crippen LogP contribution in [-0.4, -0.2) is 37.3 Å². The van der Waals surface area contributed by atoms with E-state index in [1.54, 1.807) is 10.7 Å². The van der Waals surface area contributed by atoms with Crippen LogP contribution in [0.15, 0.2) is 58.8 Å². The predicted molar refractivity (Wildman–Crippen MR) is 147 cm³/mol. The molecule has 0 aliphatic rings. The Morgan fingerprint density at radius 3 is 2.54 bits per heavy atom. The molecule has 2 heterocycles. The van der Waals surface area contributed by atoms with Gasteiger partial charge in [-0.1, -0.05) is 55.8 Å². The Morgan fingerprint density at radius 2 is 1.89 bits per heavy atom. The number of amides is 1. The number of carbonyl (C=O) groups is 1. The summed E-state index contributed by atoms with van der Waals surface area (Å²) < 4.78 is 36.3. The van der Waals surface area contributed by atoms with E-state index >= 15 is 0 Å². The Hall–Kier alpha value is -3.12. The smallest absolute Gasteiger partial charge is 0.272 e. The van der Waals surface area contributed by atoms with Gasteiger partial charge in [0.1, 0.15) is 9.96 Å². The lowest BCUT2D eigenvalue weighted by Crippen LogP contribution is -2.44. The van der Waals surface area contributed by atoms with Crippen LogP contribution < -0.4 is 20.5 Å². The molecule has 4 aromatic rings. The van der Waals surface area contributed by atoms with Crippen LogP contribution in [-0.2, 0) is 27.9 Å². The number of carbonyl (C=O) groups excluding carboxylic acids is 1. The molecule has 4 rings (SSSR count). The van der Waals surface area contributed by atoms with Crippen LogP contribution in [0, 0.1) is 5.92 Å². The number of aromatic nitrogens is 2. The van der Waals surface area contributed by atoms with Gasteiger partial charge in [0.15, 0.2) is 5.82 Å². The average Bonchev–Trinajstić information content (AvgIpc) is 3.43. The van der Waals surface area contributed by atoms with Crippen LogP contribution in [0.2, 0.25) is 4.34 Å². The third-order valence-corrected chi connectivity index (χ3v) is 8.89. The van der Waals surface area contributed by atoms with Crippen molar-refractivity contribution in [2.75, 3.05) is 11.8 Å². The van der Waals surface area contributed by atoms with Gasteiger partial charge in [-0.15, -0.1) is 11.3 Å². The monoisotopic (exact) mass is 561 g/mol. The summed E-state index contributed by atoms with van der Waals surface area (Å²) in [6.07, 6.45) is 0. The number of nitrogens with one attached hydrogen (secondary N) is 2. The van der Waals surface area contributed by atoms with Crippen molar-refractivity contribution >= 4 is 55.6 Å². The number of hydrogen-bond donors (Lipinski definition) is 3. The highest BCUT2D eigenvalue weighted by Gasteiger charge is 2.23. The first-order chi connectivity index (χ1) is 17.6. The molecule has 2 aromatic heterocycles. The summed E-state index contributed by atoms with van der Waals surface area (Å²) in [5.74, 6) is 0.340. The van der Waals surface area contributed by atoms with Crippen molar-refractivity contribution in [1.82, 2.24) is 15.1 Å². The molecule has 0 unspecified atom stereocenters. The molecule has 0 fully saturated rings. The Balaban J connectivity index is 1.64. The summed E-state index contributed by atoms with van der Waals surface area (Å²) in [4.78, 5) is 11.7. The number of halogens is 1. The first-order valence-electron chi connectivity index (χ1n) is 11.5. The van der Waals surface area contributed by atoms with E-state index in [-0.39, 0.29) is 21.9 Å². The SMILES string of the molecule is COc1cccc2c1c(NS(=O)(=O)c1ccc(Cl)s1)nn2Cc1cccc(CN[C@@H](C(N)=O)C(C)C)c1. The van der Waals surface area contributed by atoms with E-state index in [0.29, 0.717) is 34.1 Å². The zero-order chi connectivity index (χ0) is 26.7. The number of rotatable bonds is 11. The van der Waals surface area contributed by atoms with Gasteiger partial charge in [-0.2, -0.15) is 5.10 Å². The Morgan fingerprint density at radius 1 is 1.16 bits per heavy atom. The topological polar surface area (TPSA) is 128 Å². The third-order valence-electron chi connectivity index (χ3n) is 5.83. The number of nitrogens with two attached hydrogens (primary N) is 1. The highest BCUT2D eigenvalue weighted by molar-refractivity contribution is 7.94. The number of hydrogen-bond acceptors (Lipinski definition) is 7. The number of nitrogens with zero attached hydrogens (tertiary/aromatic N) is 2. The van der Waals surface area contributed by atoms with E-state index in [2.05, 4.69) is 15.1 Å². The molecule has 1 atom stereocenters. The average molecular weight is 562 g/mol. The van der Waals surface area contributed by atoms with Crippen molar-refractivity contribution in [2.45, 2.75) is 37.2 Å². The molecule has 0 saturated heterocycles. The largest absolute Gasteiger partial charge is 0.496 e. The van der Waals surface area contributed by atoms with E-state index in [4.69, 9.17) is 22.1 Å². The molecule has 12 heteroatoms. The molecule has 0 saturated carbocycles. The number of anilines is 1. The van der Waals surface area contributed by atoms with Crippen molar-refractivity contribution in [3.05, 3.63) is 70.1 Å². The minimum atomic E-state index is -3.90. The molecular formula is C25H28ClN5O4S2. The Kier molecular flexibility index (Phi) is 8.08. The van der Waals surface area contributed by atoms with Gasteiger partial charge in [0.05, 0.1) is 34.9 Å². The number of methoxy groups -OCH3 is 1. The lowest BCUT2D eigenvalue weighted by Gasteiger charge is -2.19. The lowest BCUT2D eigenvalue weighted by molar-refractivity contribution is -0.121. The highest BCUT2D eigenvalue weighted by Crippen LogP contribution is 2.35. The van der Waals surface area contributed by atoms with Crippen LogP contribution in [0.25, 0.3) is 10.9 Å². The maximum Gasteiger partial charge on any atom is 0.272 e. The first-order valence-corrected chi connectivity index (χ1v) is 14.2. The lowest BCUT2D eigenvalue weighted by atomic mass is 10.0. The molecule has 4 N–H and O–H groups in total. The van der Waals surface area contributed by atoms with Crippen LogP contribution in [0.3, 0.4) is 0 Å². The quantitative estimate of drug-likeness (QED) is 0.252. The molecule has 0 radical (unpaired) electrons. The summed E-state index contributed by atoms with van der Waals surface area (Å²) in [5.41, 5.74) is 8.15. The number of sulfonamides is 1. The Labute approximate surface area is 224 Å². The molecule has 0 bridgehead atoms. The molecule has 1 amide bonds. The van der Waals surface area contributed by atoms with E-state index in [0.717, 1.165) is 22.5 Å². The van der Waals surface area contributed by atoms with Gasteiger partial charge >= 0.3 is 0 Å². The molecule has 9 nitrogen and oxygen atoms in total. The second-order valence-corrected chi connectivity index (χ2v) is 12.5. The van der Waals surface area contributed by atoms with Gasteiger partial charge in [-0.05, 0) is 41.3 Å². The summed E-state index contributed by atoms with van der Waals surface area (Å²) in [6, 6.07) is 15.9. The zero-order valence-electron chi connectivity index (χ0n) is 20.6. The number of benzene rings is 2. The summed E-state index contributed by atoms with van der Waals surface area (Å²) in [6.45, 7) is 4.73. The second kappa shape index (κ2) is 11.1. The second-order valence-electron chi connectivity index (χ2n) is 8.85. The van der Waals surface area contributed by atoms with Crippen molar-refractivity contribution in [1.29, 1.82) is 0 Å². The van der Waals surface area contributed by atoms with E-state index < -0.39 is 16.1 Å². The summed E-state index contributed by atoms with van der Waals surface area (Å²) >= 11 is 6.91. The standard InChI is InChI=1S/C25H28ClN5O4S2/c1-15(2)23(24(27)32)28-13-16-6-4-7-17(12-16)14-31-18-8-5-9-19(35-3)22(18)25(29-31)30-37(33,34)21-11-10-20(26)36-21/h4-12,15,23,28H,13-14H2,1-3H3,(H2,27,32)(H,29,30)/t23-/m1/s1. The molecule has 196 valence electrons. The maximum absolute atomic E-state index is 13.0. The van der Waals surface area contributed by atoms with Crippen molar-refractivity contribution in [2.24, 2.45) is 11.7 Å². The number of ether oxygens (including phenoxy) is 1. The normalized spacial score (nSPS) is 12.7. The Bertz CT molecular complexity index is 1530. The minimum Gasteiger partial charge on any atom is -0.496 e. The fourth-order valence-corrected chi connectivity index (χ4v) is 6.57. The summed E-state index contributed by atoms with van der Waals surface area (Å²) in [7, 11) is -2.37. The first kappa shape index (κ1) is 26.9. The molecular weight excluding hydrogens is 534 g/mol. The molecule has 0 spiro atoms. The summed E-state index contributed by atoms with van der Waals surface area (Å²) in [5, 5.41) is 8.37. The zero-order valence-corrected chi connectivity index (χ0v) is 23.0. The van der Waals surface area contributed by atoms with E-state index in [1.807, 2.05) is 50.2 Å². The van der Waals surface area contributed by atoms with Gasteiger partial charge in [-0.25, -0.2) is 8.42 Å². The minimum absolute atomic E-state index is 0.0681. The fourth-order valence-electron chi connectivity index (χ4n) is 4.08. The van der Waals surface area contributed by atoms with Crippen molar-refractivity contribution < 1.29 is 17.9 Å². The van der Waals surface area contributed by atoms with Gasteiger partial charge in [-0.3, -0.25) is 14.2 Å². The molecule has 2 aromatic carbocycles. The molecule has 0 aliphatic carbocycles. The maximum atomic E-state index is 13.0. The third kappa shape index (κ3) is 6.07. The van der Waals surface area contributed by atoms with E-state index in [1.165, 1.54) is 19.2 Å². The van der Waals surface area contributed by atoms with Crippen molar-refractivity contribution in [3.63, 3.8) is 0 Å². The molecule has 0 aliphatic heterocycles. The van der Waals surface area contributed by atoms with Crippen LogP contribution in [0.1, 0.15) is 25.0 Å². The van der Waals surface area contributed by atoms with Crippen molar-refractivity contribution in [3.8, 4) is 5.75 Å². The number of thiophene rings is 1.